The summed E-state index contributed by atoms with van der Waals surface area (Å²) >= 11 is 0. The molecule has 0 bridgehead atoms. The molecule has 1 fully saturated rings. The SMILES string of the molecule is N#CC1CN(C(=O)C(CCC(=O)O)NC(=O)OCC2c3ccccc3-c3ccccc32)CCO1. The molecule has 2 aliphatic rings. The molecule has 176 valence electrons. The zero-order valence-electron chi connectivity index (χ0n) is 18.5. The standard InChI is InChI=1S/C25H25N3O6/c26-13-16-14-28(11-12-33-16)24(31)22(9-10-23(29)30)27-25(32)34-15-21-19-7-3-1-5-17(19)18-6-2-4-8-20(18)21/h1-8,16,21-22H,9-12,14-15H2,(H,27,32)(H,29,30). The maximum Gasteiger partial charge on any atom is 0.407 e. The van der Waals surface area contributed by atoms with Gasteiger partial charge in [-0.05, 0) is 28.7 Å². The van der Waals surface area contributed by atoms with E-state index in [2.05, 4.69) is 5.32 Å². The van der Waals surface area contributed by atoms with E-state index in [0.717, 1.165) is 22.3 Å². The predicted octanol–water partition coefficient (Wildman–Crippen LogP) is 2.51. The normalized spacial score (nSPS) is 17.7. The van der Waals surface area contributed by atoms with E-state index in [-0.39, 0.29) is 45.1 Å². The first-order chi connectivity index (χ1) is 16.5. The number of benzene rings is 2. The number of hydrogen-bond acceptors (Lipinski definition) is 6. The van der Waals surface area contributed by atoms with Crippen molar-refractivity contribution in [3.63, 3.8) is 0 Å². The molecule has 0 radical (unpaired) electrons. The van der Waals surface area contributed by atoms with Crippen molar-refractivity contribution in [1.82, 2.24) is 10.2 Å². The lowest BCUT2D eigenvalue weighted by Crippen LogP contribution is -2.53. The molecule has 2 aromatic carbocycles. The van der Waals surface area contributed by atoms with E-state index >= 15 is 0 Å². The van der Waals surface area contributed by atoms with E-state index in [1.807, 2.05) is 54.6 Å². The molecule has 2 unspecified atom stereocenters. The largest absolute Gasteiger partial charge is 0.481 e. The number of carboxylic acid groups (broad SMARTS) is 1. The van der Waals surface area contributed by atoms with Crippen LogP contribution in [-0.4, -0.2) is 66.4 Å². The summed E-state index contributed by atoms with van der Waals surface area (Å²) in [5.41, 5.74) is 4.32. The monoisotopic (exact) mass is 463 g/mol. The first kappa shape index (κ1) is 23.3. The van der Waals surface area contributed by atoms with Crippen molar-refractivity contribution < 1.29 is 29.0 Å². The Morgan fingerprint density at radius 3 is 2.41 bits per heavy atom. The molecule has 9 nitrogen and oxygen atoms in total. The van der Waals surface area contributed by atoms with E-state index in [1.165, 1.54) is 4.90 Å². The molecule has 1 saturated heterocycles. The smallest absolute Gasteiger partial charge is 0.407 e. The van der Waals surface area contributed by atoms with Gasteiger partial charge in [0.1, 0.15) is 12.6 Å². The van der Waals surface area contributed by atoms with Gasteiger partial charge in [0.2, 0.25) is 5.91 Å². The summed E-state index contributed by atoms with van der Waals surface area (Å²) in [6.45, 7) is 0.590. The Morgan fingerprint density at radius 2 is 1.79 bits per heavy atom. The van der Waals surface area contributed by atoms with Crippen LogP contribution in [-0.2, 0) is 19.1 Å². The second kappa shape index (κ2) is 10.4. The van der Waals surface area contributed by atoms with Crippen molar-refractivity contribution in [3.05, 3.63) is 59.7 Å². The number of amides is 2. The van der Waals surface area contributed by atoms with Gasteiger partial charge in [-0.1, -0.05) is 48.5 Å². The molecule has 2 atom stereocenters. The van der Waals surface area contributed by atoms with Crippen LogP contribution in [0.2, 0.25) is 0 Å². The minimum atomic E-state index is -1.08. The van der Waals surface area contributed by atoms with Crippen LogP contribution in [0.15, 0.2) is 48.5 Å². The highest BCUT2D eigenvalue weighted by Gasteiger charge is 2.32. The summed E-state index contributed by atoms with van der Waals surface area (Å²) in [5, 5.41) is 20.7. The van der Waals surface area contributed by atoms with Gasteiger partial charge in [-0.3, -0.25) is 9.59 Å². The third kappa shape index (κ3) is 5.02. The molecule has 1 aliphatic carbocycles. The molecular weight excluding hydrogens is 438 g/mol. The number of carbonyl (C=O) groups is 3. The lowest BCUT2D eigenvalue weighted by atomic mass is 9.98. The minimum Gasteiger partial charge on any atom is -0.481 e. The van der Waals surface area contributed by atoms with Crippen LogP contribution in [0.5, 0.6) is 0 Å². The van der Waals surface area contributed by atoms with E-state index in [0.29, 0.717) is 0 Å². The van der Waals surface area contributed by atoms with Crippen LogP contribution < -0.4 is 5.32 Å². The molecule has 2 aromatic rings. The van der Waals surface area contributed by atoms with Gasteiger partial charge >= 0.3 is 12.1 Å². The fourth-order valence-corrected chi connectivity index (χ4v) is 4.46. The van der Waals surface area contributed by atoms with Gasteiger partial charge in [0.05, 0.1) is 19.2 Å². The molecule has 9 heteroatoms. The Kier molecular flexibility index (Phi) is 7.09. The number of nitrogens with zero attached hydrogens (tertiary/aromatic N) is 2. The molecule has 34 heavy (non-hydrogen) atoms. The van der Waals surface area contributed by atoms with Crippen LogP contribution in [0.4, 0.5) is 4.79 Å². The van der Waals surface area contributed by atoms with Gasteiger partial charge in [-0.15, -0.1) is 0 Å². The highest BCUT2D eigenvalue weighted by molar-refractivity contribution is 5.86. The van der Waals surface area contributed by atoms with Gasteiger partial charge in [0, 0.05) is 18.9 Å². The summed E-state index contributed by atoms with van der Waals surface area (Å²) in [5.74, 6) is -1.68. The summed E-state index contributed by atoms with van der Waals surface area (Å²) in [6.07, 6.45) is -1.94. The topological polar surface area (TPSA) is 129 Å². The molecule has 4 rings (SSSR count). The highest BCUT2D eigenvalue weighted by atomic mass is 16.5. The molecular formula is C25H25N3O6. The number of fused-ring (bicyclic) bond motifs is 3. The molecule has 0 spiro atoms. The molecule has 0 aromatic heterocycles. The third-order valence-corrected chi connectivity index (χ3v) is 6.10. The number of carbonyl (C=O) groups excluding carboxylic acids is 2. The number of carboxylic acids is 1. The summed E-state index contributed by atoms with van der Waals surface area (Å²) in [6, 6.07) is 16.8. The summed E-state index contributed by atoms with van der Waals surface area (Å²) in [4.78, 5) is 38.1. The molecule has 2 amide bonds. The van der Waals surface area contributed by atoms with Crippen molar-refractivity contribution >= 4 is 18.0 Å². The van der Waals surface area contributed by atoms with Crippen LogP contribution in [0, 0.1) is 11.3 Å². The lowest BCUT2D eigenvalue weighted by molar-refractivity contribution is -0.140. The van der Waals surface area contributed by atoms with Crippen molar-refractivity contribution in [2.75, 3.05) is 26.3 Å². The highest BCUT2D eigenvalue weighted by Crippen LogP contribution is 2.44. The average molecular weight is 463 g/mol. The summed E-state index contributed by atoms with van der Waals surface area (Å²) < 4.78 is 10.8. The van der Waals surface area contributed by atoms with Crippen molar-refractivity contribution in [3.8, 4) is 17.2 Å². The van der Waals surface area contributed by atoms with Gasteiger partial charge in [-0.25, -0.2) is 4.79 Å². The number of alkyl carbamates (subject to hydrolysis) is 1. The number of rotatable bonds is 7. The lowest BCUT2D eigenvalue weighted by Gasteiger charge is -2.32. The average Bonchev–Trinajstić information content (AvgIpc) is 3.18. The molecule has 1 aliphatic heterocycles. The Labute approximate surface area is 196 Å². The fraction of sp³-hybridized carbons (Fsp3) is 0.360. The van der Waals surface area contributed by atoms with Gasteiger partial charge in [0.15, 0.2) is 6.10 Å². The van der Waals surface area contributed by atoms with E-state index < -0.39 is 30.1 Å². The van der Waals surface area contributed by atoms with E-state index in [4.69, 9.17) is 19.8 Å². The minimum absolute atomic E-state index is 0.0608. The summed E-state index contributed by atoms with van der Waals surface area (Å²) in [7, 11) is 0. The fourth-order valence-electron chi connectivity index (χ4n) is 4.46. The van der Waals surface area contributed by atoms with Crippen molar-refractivity contribution in [2.45, 2.75) is 30.9 Å². The molecule has 0 saturated carbocycles. The Hall–Kier alpha value is -3.90. The predicted molar refractivity (Wildman–Crippen MR) is 121 cm³/mol. The Morgan fingerprint density at radius 1 is 1.15 bits per heavy atom. The maximum atomic E-state index is 13.0. The van der Waals surface area contributed by atoms with E-state index in [1.54, 1.807) is 0 Å². The van der Waals surface area contributed by atoms with Crippen LogP contribution >= 0.6 is 0 Å². The van der Waals surface area contributed by atoms with Crippen LogP contribution in [0.25, 0.3) is 11.1 Å². The van der Waals surface area contributed by atoms with E-state index in [9.17, 15) is 14.4 Å². The zero-order chi connectivity index (χ0) is 24.1. The van der Waals surface area contributed by atoms with Crippen LogP contribution in [0.3, 0.4) is 0 Å². The number of morpholine rings is 1. The Bertz CT molecular complexity index is 1080. The van der Waals surface area contributed by atoms with Crippen LogP contribution in [0.1, 0.15) is 29.9 Å². The van der Waals surface area contributed by atoms with Crippen molar-refractivity contribution in [2.24, 2.45) is 0 Å². The first-order valence-electron chi connectivity index (χ1n) is 11.1. The van der Waals surface area contributed by atoms with Gasteiger partial charge in [-0.2, -0.15) is 5.26 Å². The zero-order valence-corrected chi connectivity index (χ0v) is 18.5. The second-order valence-electron chi connectivity index (χ2n) is 8.23. The third-order valence-electron chi connectivity index (χ3n) is 6.10. The number of nitriles is 1. The molecule has 1 heterocycles. The van der Waals surface area contributed by atoms with Gasteiger partial charge in [0.25, 0.3) is 0 Å². The van der Waals surface area contributed by atoms with Crippen molar-refractivity contribution in [1.29, 1.82) is 5.26 Å². The first-order valence-corrected chi connectivity index (χ1v) is 11.1. The quantitative estimate of drug-likeness (QED) is 0.645. The Balaban J connectivity index is 1.42. The molecule has 2 N–H and O–H groups in total. The van der Waals surface area contributed by atoms with Gasteiger partial charge < -0.3 is 24.8 Å². The number of nitrogens with one attached hydrogen (secondary N) is 1. The second-order valence-corrected chi connectivity index (χ2v) is 8.23. The number of ether oxygens (including phenoxy) is 2. The number of hydrogen-bond donors (Lipinski definition) is 2. The maximum absolute atomic E-state index is 13.0. The number of aliphatic carboxylic acids is 1.